The number of hydrogen-bond donors (Lipinski definition) is 1. The Morgan fingerprint density at radius 1 is 1.34 bits per heavy atom. The molecule has 2 aliphatic rings. The minimum atomic E-state index is -1.54. The zero-order valence-corrected chi connectivity index (χ0v) is 16.6. The summed E-state index contributed by atoms with van der Waals surface area (Å²) in [5.41, 5.74) is -0.0314. The van der Waals surface area contributed by atoms with Crippen LogP contribution in [0.2, 0.25) is 0 Å². The van der Waals surface area contributed by atoms with Gasteiger partial charge in [0.1, 0.15) is 11.6 Å². The van der Waals surface area contributed by atoms with Crippen molar-refractivity contribution >= 4 is 17.7 Å². The molecule has 4 rings (SSSR count). The van der Waals surface area contributed by atoms with Crippen LogP contribution in [0.3, 0.4) is 0 Å². The number of allylic oxidation sites excluding steroid dienone is 1. The van der Waals surface area contributed by atoms with Crippen molar-refractivity contribution in [1.29, 1.82) is 5.26 Å². The number of fused-ring (bicyclic) bond motifs is 1. The Kier molecular flexibility index (Phi) is 5.07. The summed E-state index contributed by atoms with van der Waals surface area (Å²) in [5, 5.41) is 21.7. The maximum absolute atomic E-state index is 13.7. The highest BCUT2D eigenvalue weighted by atomic mass is 32.2. The fourth-order valence-electron chi connectivity index (χ4n) is 3.83. The number of benzene rings is 2. The number of aliphatic hydroxyl groups is 1. The third-order valence-electron chi connectivity index (χ3n) is 5.19. The Morgan fingerprint density at radius 2 is 2.10 bits per heavy atom. The summed E-state index contributed by atoms with van der Waals surface area (Å²) in [6, 6.07) is 15.1. The number of amides is 1. The Bertz CT molecular complexity index is 1030. The highest BCUT2D eigenvalue weighted by Crippen LogP contribution is 2.51. The fraction of sp³-hybridized carbons (Fsp3) is 0.273. The molecular weight excluding hydrogens is 391 g/mol. The zero-order chi connectivity index (χ0) is 20.6. The number of halogens is 1. The van der Waals surface area contributed by atoms with Crippen molar-refractivity contribution in [1.82, 2.24) is 4.90 Å². The van der Waals surface area contributed by atoms with E-state index in [1.807, 2.05) is 6.92 Å². The van der Waals surface area contributed by atoms with Gasteiger partial charge in [-0.05, 0) is 36.8 Å². The van der Waals surface area contributed by atoms with E-state index in [1.54, 1.807) is 36.4 Å². The SMILES string of the molecule is CCOc1ccc([C@]2(O)CSC3=C(C#N)[C@@H](c4cccc(F)c4)CC(=O)N32)cc1. The zero-order valence-electron chi connectivity index (χ0n) is 15.8. The van der Waals surface area contributed by atoms with E-state index < -0.39 is 17.5 Å². The van der Waals surface area contributed by atoms with Gasteiger partial charge in [-0.25, -0.2) is 4.39 Å². The molecule has 29 heavy (non-hydrogen) atoms. The molecule has 1 saturated heterocycles. The maximum atomic E-state index is 13.7. The van der Waals surface area contributed by atoms with Gasteiger partial charge in [0.15, 0.2) is 5.72 Å². The molecule has 5 nitrogen and oxygen atoms in total. The molecular formula is C22H19FN2O3S. The van der Waals surface area contributed by atoms with Gasteiger partial charge in [-0.2, -0.15) is 5.26 Å². The molecule has 0 aliphatic carbocycles. The predicted octanol–water partition coefficient (Wildman–Crippen LogP) is 3.87. The standard InChI is InChI=1S/C22H19FN2O3S/c1-2-28-17-8-6-15(7-9-17)22(27)13-29-21-19(12-24)18(11-20(26)25(21)22)14-4-3-5-16(23)10-14/h3-10,18,27H,2,11,13H2,1H3/t18-,22-/m1/s1. The van der Waals surface area contributed by atoms with Gasteiger partial charge >= 0.3 is 0 Å². The van der Waals surface area contributed by atoms with E-state index in [4.69, 9.17) is 4.74 Å². The number of rotatable bonds is 4. The van der Waals surface area contributed by atoms with Crippen LogP contribution in [-0.4, -0.2) is 28.3 Å². The molecule has 0 saturated carbocycles. The molecule has 0 radical (unpaired) electrons. The molecule has 0 unspecified atom stereocenters. The third kappa shape index (κ3) is 3.28. The van der Waals surface area contributed by atoms with Crippen molar-refractivity contribution in [3.05, 3.63) is 76.1 Å². The van der Waals surface area contributed by atoms with E-state index in [0.29, 0.717) is 34.1 Å². The first-order chi connectivity index (χ1) is 14.0. The second kappa shape index (κ2) is 7.54. The van der Waals surface area contributed by atoms with Crippen molar-refractivity contribution in [2.24, 2.45) is 0 Å². The van der Waals surface area contributed by atoms with Gasteiger partial charge in [-0.1, -0.05) is 24.3 Å². The molecule has 2 aromatic rings. The first-order valence-electron chi connectivity index (χ1n) is 9.29. The number of hydrogen-bond acceptors (Lipinski definition) is 5. The predicted molar refractivity (Wildman–Crippen MR) is 107 cm³/mol. The number of nitriles is 1. The Balaban J connectivity index is 1.75. The topological polar surface area (TPSA) is 73.6 Å². The molecule has 1 N–H and O–H groups in total. The first-order valence-corrected chi connectivity index (χ1v) is 10.3. The van der Waals surface area contributed by atoms with Crippen LogP contribution in [0, 0.1) is 17.1 Å². The molecule has 2 aromatic carbocycles. The third-order valence-corrected chi connectivity index (χ3v) is 6.41. The van der Waals surface area contributed by atoms with E-state index >= 15 is 0 Å². The lowest BCUT2D eigenvalue weighted by Crippen LogP contribution is -2.48. The molecule has 0 bridgehead atoms. The summed E-state index contributed by atoms with van der Waals surface area (Å²) in [6.45, 7) is 2.42. The number of carbonyl (C=O) groups is 1. The second-order valence-corrected chi connectivity index (χ2v) is 7.90. The van der Waals surface area contributed by atoms with Crippen molar-refractivity contribution in [3.8, 4) is 11.8 Å². The van der Waals surface area contributed by atoms with Crippen LogP contribution < -0.4 is 4.74 Å². The number of nitrogens with zero attached hydrogens (tertiary/aromatic N) is 2. The maximum Gasteiger partial charge on any atom is 0.231 e. The molecule has 7 heteroatoms. The van der Waals surface area contributed by atoms with Crippen LogP contribution in [0.1, 0.15) is 30.4 Å². The average molecular weight is 410 g/mol. The van der Waals surface area contributed by atoms with Gasteiger partial charge < -0.3 is 9.84 Å². The summed E-state index contributed by atoms with van der Waals surface area (Å²) in [4.78, 5) is 14.4. The Hall–Kier alpha value is -2.82. The van der Waals surface area contributed by atoms with Crippen LogP contribution in [0.25, 0.3) is 0 Å². The minimum absolute atomic E-state index is 0.00422. The van der Waals surface area contributed by atoms with E-state index in [2.05, 4.69) is 6.07 Å². The van der Waals surface area contributed by atoms with Gasteiger partial charge in [0.05, 0.1) is 29.0 Å². The van der Waals surface area contributed by atoms with Crippen LogP contribution in [0.15, 0.2) is 59.1 Å². The highest BCUT2D eigenvalue weighted by Gasteiger charge is 2.51. The number of thioether (sulfide) groups is 1. The largest absolute Gasteiger partial charge is 0.494 e. The van der Waals surface area contributed by atoms with E-state index in [1.165, 1.54) is 28.8 Å². The van der Waals surface area contributed by atoms with Crippen LogP contribution in [0.4, 0.5) is 4.39 Å². The van der Waals surface area contributed by atoms with Gasteiger partial charge in [-0.15, -0.1) is 11.8 Å². The normalized spacial score (nSPS) is 23.7. The van der Waals surface area contributed by atoms with Crippen molar-refractivity contribution in [2.45, 2.75) is 25.0 Å². The molecule has 2 heterocycles. The lowest BCUT2D eigenvalue weighted by atomic mass is 9.85. The molecule has 0 aromatic heterocycles. The quantitative estimate of drug-likeness (QED) is 0.828. The first kappa shape index (κ1) is 19.5. The molecule has 1 fully saturated rings. The lowest BCUT2D eigenvalue weighted by molar-refractivity contribution is -0.149. The van der Waals surface area contributed by atoms with Crippen molar-refractivity contribution < 1.29 is 19.0 Å². The van der Waals surface area contributed by atoms with Crippen LogP contribution in [-0.2, 0) is 10.5 Å². The molecule has 2 aliphatic heterocycles. The van der Waals surface area contributed by atoms with E-state index in [0.717, 1.165) is 0 Å². The second-order valence-electron chi connectivity index (χ2n) is 6.93. The van der Waals surface area contributed by atoms with Gasteiger partial charge in [0, 0.05) is 17.9 Å². The van der Waals surface area contributed by atoms with Crippen LogP contribution in [0.5, 0.6) is 5.75 Å². The summed E-state index contributed by atoms with van der Waals surface area (Å²) in [7, 11) is 0. The summed E-state index contributed by atoms with van der Waals surface area (Å²) in [6.07, 6.45) is -0.00422. The van der Waals surface area contributed by atoms with Gasteiger partial charge in [-0.3, -0.25) is 9.69 Å². The Labute approximate surface area is 172 Å². The van der Waals surface area contributed by atoms with E-state index in [9.17, 15) is 19.6 Å². The van der Waals surface area contributed by atoms with Gasteiger partial charge in [0.25, 0.3) is 0 Å². The van der Waals surface area contributed by atoms with Crippen molar-refractivity contribution in [2.75, 3.05) is 12.4 Å². The number of carbonyl (C=O) groups excluding carboxylic acids is 1. The minimum Gasteiger partial charge on any atom is -0.494 e. The molecule has 2 atom stereocenters. The van der Waals surface area contributed by atoms with E-state index in [-0.39, 0.29) is 18.1 Å². The lowest BCUT2D eigenvalue weighted by Gasteiger charge is -2.38. The number of ether oxygens (including phenoxy) is 1. The van der Waals surface area contributed by atoms with Gasteiger partial charge in [0.2, 0.25) is 5.91 Å². The average Bonchev–Trinajstić information content (AvgIpc) is 3.08. The Morgan fingerprint density at radius 3 is 2.76 bits per heavy atom. The summed E-state index contributed by atoms with van der Waals surface area (Å²) in [5.74, 6) is -0.345. The fourth-order valence-corrected chi connectivity index (χ4v) is 5.19. The molecule has 0 spiro atoms. The van der Waals surface area contributed by atoms with Crippen LogP contribution >= 0.6 is 11.8 Å². The summed E-state index contributed by atoms with van der Waals surface area (Å²) >= 11 is 1.27. The highest BCUT2D eigenvalue weighted by molar-refractivity contribution is 8.03. The monoisotopic (exact) mass is 410 g/mol. The summed E-state index contributed by atoms with van der Waals surface area (Å²) < 4.78 is 19.1. The smallest absolute Gasteiger partial charge is 0.231 e. The van der Waals surface area contributed by atoms with Crippen molar-refractivity contribution in [3.63, 3.8) is 0 Å². The molecule has 1 amide bonds. The molecule has 148 valence electrons.